The maximum Gasteiger partial charge on any atom is 0.241 e. The van der Waals surface area contributed by atoms with Crippen LogP contribution in [0.15, 0.2) is 24.3 Å². The fourth-order valence-corrected chi connectivity index (χ4v) is 4.62. The third kappa shape index (κ3) is 4.75. The Hall–Kier alpha value is -1.47. The number of carbonyl (C=O) groups excluding carboxylic acids is 1. The molecule has 7 heteroatoms. The van der Waals surface area contributed by atoms with Gasteiger partial charge in [-0.2, -0.15) is 4.72 Å². The van der Waals surface area contributed by atoms with E-state index < -0.39 is 21.4 Å². The number of halogens is 1. The van der Waals surface area contributed by atoms with Gasteiger partial charge in [0, 0.05) is 6.54 Å². The Kier molecular flexibility index (Phi) is 5.75. The molecule has 1 fully saturated rings. The Morgan fingerprint density at radius 1 is 1.26 bits per heavy atom. The molecule has 0 spiro atoms. The first-order valence-corrected chi connectivity index (χ1v) is 9.56. The van der Waals surface area contributed by atoms with Gasteiger partial charge in [0.15, 0.2) is 0 Å². The molecule has 2 rings (SSSR count). The summed E-state index contributed by atoms with van der Waals surface area (Å²) in [7, 11) is -3.75. The van der Waals surface area contributed by atoms with Crippen molar-refractivity contribution >= 4 is 15.9 Å². The molecule has 0 bridgehead atoms. The number of sulfonamides is 1. The molecule has 1 aromatic carbocycles. The number of hydrogen-bond acceptors (Lipinski definition) is 3. The molecule has 2 N–H and O–H groups in total. The van der Waals surface area contributed by atoms with Gasteiger partial charge in [0.05, 0.1) is 5.75 Å². The minimum Gasteiger partial charge on any atom is -0.355 e. The highest BCUT2D eigenvalue weighted by molar-refractivity contribution is 7.88. The molecule has 1 aromatic rings. The number of amides is 1. The predicted octanol–water partition coefficient (Wildman–Crippen LogP) is 2.08. The maximum absolute atomic E-state index is 13.2. The van der Waals surface area contributed by atoms with Gasteiger partial charge < -0.3 is 5.32 Å². The zero-order valence-electron chi connectivity index (χ0n) is 13.3. The van der Waals surface area contributed by atoms with Gasteiger partial charge in [0.1, 0.15) is 11.4 Å². The third-order valence-electron chi connectivity index (χ3n) is 4.08. The first kappa shape index (κ1) is 17.9. The largest absolute Gasteiger partial charge is 0.355 e. The number of hydrogen-bond donors (Lipinski definition) is 2. The van der Waals surface area contributed by atoms with E-state index in [1.54, 1.807) is 13.0 Å². The summed E-state index contributed by atoms with van der Waals surface area (Å²) in [6.45, 7) is 2.25. The molecule has 0 heterocycles. The van der Waals surface area contributed by atoms with Crippen molar-refractivity contribution in [3.8, 4) is 0 Å². The van der Waals surface area contributed by atoms with E-state index in [1.807, 2.05) is 0 Å². The van der Waals surface area contributed by atoms with Gasteiger partial charge in [-0.1, -0.05) is 31.4 Å². The van der Waals surface area contributed by atoms with Gasteiger partial charge in [-0.25, -0.2) is 12.8 Å². The second kappa shape index (κ2) is 7.40. The highest BCUT2D eigenvalue weighted by atomic mass is 32.2. The van der Waals surface area contributed by atoms with E-state index in [9.17, 15) is 17.6 Å². The Balaban J connectivity index is 2.18. The van der Waals surface area contributed by atoms with E-state index in [-0.39, 0.29) is 11.7 Å². The van der Waals surface area contributed by atoms with E-state index >= 15 is 0 Å². The minimum atomic E-state index is -3.75. The van der Waals surface area contributed by atoms with Gasteiger partial charge in [-0.15, -0.1) is 0 Å². The monoisotopic (exact) mass is 342 g/mol. The second-order valence-corrected chi connectivity index (χ2v) is 7.72. The normalized spacial score (nSPS) is 17.7. The molecular formula is C16H23FN2O3S. The van der Waals surface area contributed by atoms with Crippen LogP contribution in [0.3, 0.4) is 0 Å². The van der Waals surface area contributed by atoms with Gasteiger partial charge in [0.2, 0.25) is 15.9 Å². The quantitative estimate of drug-likeness (QED) is 0.831. The smallest absolute Gasteiger partial charge is 0.241 e. The Morgan fingerprint density at radius 3 is 2.57 bits per heavy atom. The summed E-state index contributed by atoms with van der Waals surface area (Å²) in [5.41, 5.74) is -0.722. The van der Waals surface area contributed by atoms with Crippen LogP contribution in [0.1, 0.15) is 44.6 Å². The second-order valence-electron chi connectivity index (χ2n) is 5.99. The molecular weight excluding hydrogens is 319 g/mol. The third-order valence-corrected chi connectivity index (χ3v) is 5.49. The predicted molar refractivity (Wildman–Crippen MR) is 86.7 cm³/mol. The lowest BCUT2D eigenvalue weighted by Gasteiger charge is -2.36. The average molecular weight is 342 g/mol. The SMILES string of the molecule is CCNC(=O)C1(NS(=O)(=O)Cc2cccc(F)c2)CCCCC1. The van der Waals surface area contributed by atoms with Gasteiger partial charge >= 0.3 is 0 Å². The van der Waals surface area contributed by atoms with Gasteiger partial charge in [0.25, 0.3) is 0 Å². The van der Waals surface area contributed by atoms with E-state index in [0.29, 0.717) is 24.9 Å². The topological polar surface area (TPSA) is 75.3 Å². The molecule has 1 aliphatic carbocycles. The fourth-order valence-electron chi connectivity index (χ4n) is 3.04. The van der Waals surface area contributed by atoms with Crippen LogP contribution in [0, 0.1) is 5.82 Å². The molecule has 0 aromatic heterocycles. The molecule has 128 valence electrons. The van der Waals surface area contributed by atoms with Crippen molar-refractivity contribution in [1.82, 2.24) is 10.0 Å². The number of nitrogens with one attached hydrogen (secondary N) is 2. The lowest BCUT2D eigenvalue weighted by Crippen LogP contribution is -2.59. The summed E-state index contributed by atoms with van der Waals surface area (Å²) >= 11 is 0. The highest BCUT2D eigenvalue weighted by Crippen LogP contribution is 2.29. The summed E-state index contributed by atoms with van der Waals surface area (Å²) in [5, 5.41) is 2.73. The summed E-state index contributed by atoms with van der Waals surface area (Å²) in [6.07, 6.45) is 3.58. The van der Waals surface area contributed by atoms with Crippen LogP contribution in [-0.2, 0) is 20.6 Å². The molecule has 5 nitrogen and oxygen atoms in total. The fraction of sp³-hybridized carbons (Fsp3) is 0.562. The van der Waals surface area contributed by atoms with Crippen LogP contribution in [0.4, 0.5) is 4.39 Å². The van der Waals surface area contributed by atoms with Crippen molar-refractivity contribution in [2.24, 2.45) is 0 Å². The molecule has 0 saturated heterocycles. The standard InChI is InChI=1S/C16H23FN2O3S/c1-2-18-15(20)16(9-4-3-5-10-16)19-23(21,22)12-13-7-6-8-14(17)11-13/h6-8,11,19H,2-5,9-10,12H2,1H3,(H,18,20). The van der Waals surface area contributed by atoms with E-state index in [2.05, 4.69) is 10.0 Å². The number of rotatable bonds is 6. The minimum absolute atomic E-state index is 0.275. The zero-order valence-corrected chi connectivity index (χ0v) is 14.1. The maximum atomic E-state index is 13.2. The molecule has 1 saturated carbocycles. The van der Waals surface area contributed by atoms with Crippen LogP contribution < -0.4 is 10.0 Å². The molecule has 0 atom stereocenters. The van der Waals surface area contributed by atoms with Crippen molar-refractivity contribution in [1.29, 1.82) is 0 Å². The van der Waals surface area contributed by atoms with Crippen LogP contribution in [0.2, 0.25) is 0 Å². The molecule has 0 unspecified atom stereocenters. The van der Waals surface area contributed by atoms with Crippen molar-refractivity contribution < 1.29 is 17.6 Å². The van der Waals surface area contributed by atoms with Crippen molar-refractivity contribution in [2.45, 2.75) is 50.3 Å². The van der Waals surface area contributed by atoms with E-state index in [0.717, 1.165) is 19.3 Å². The van der Waals surface area contributed by atoms with Crippen molar-refractivity contribution in [3.63, 3.8) is 0 Å². The van der Waals surface area contributed by atoms with Gasteiger partial charge in [-0.05, 0) is 37.5 Å². The first-order valence-electron chi connectivity index (χ1n) is 7.91. The van der Waals surface area contributed by atoms with Crippen molar-refractivity contribution in [2.75, 3.05) is 6.54 Å². The molecule has 1 amide bonds. The van der Waals surface area contributed by atoms with Crippen molar-refractivity contribution in [3.05, 3.63) is 35.6 Å². The lowest BCUT2D eigenvalue weighted by atomic mass is 9.82. The van der Waals surface area contributed by atoms with Crippen LogP contribution in [-0.4, -0.2) is 26.4 Å². The van der Waals surface area contributed by atoms with Crippen LogP contribution in [0.25, 0.3) is 0 Å². The highest BCUT2D eigenvalue weighted by Gasteiger charge is 2.42. The van der Waals surface area contributed by atoms with E-state index in [1.165, 1.54) is 18.2 Å². The number of carbonyl (C=O) groups is 1. The number of benzene rings is 1. The molecule has 23 heavy (non-hydrogen) atoms. The summed E-state index contributed by atoms with van der Waals surface area (Å²) < 4.78 is 40.8. The van der Waals surface area contributed by atoms with Crippen LogP contribution in [0.5, 0.6) is 0 Å². The Bertz CT molecular complexity index is 655. The molecule has 1 aliphatic rings. The average Bonchev–Trinajstić information content (AvgIpc) is 2.47. The first-order chi connectivity index (χ1) is 10.9. The van der Waals surface area contributed by atoms with Gasteiger partial charge in [-0.3, -0.25) is 4.79 Å². The lowest BCUT2D eigenvalue weighted by molar-refractivity contribution is -0.128. The van der Waals surface area contributed by atoms with E-state index in [4.69, 9.17) is 0 Å². The van der Waals surface area contributed by atoms with Crippen LogP contribution >= 0.6 is 0 Å². The zero-order chi connectivity index (χ0) is 16.9. The molecule has 0 radical (unpaired) electrons. The summed E-state index contributed by atoms with van der Waals surface area (Å²) in [6, 6.07) is 5.49. The Morgan fingerprint density at radius 2 is 1.96 bits per heavy atom. The Labute approximate surface area is 136 Å². The number of likely N-dealkylation sites (N-methyl/N-ethyl adjacent to an activating group) is 1. The summed E-state index contributed by atoms with van der Waals surface area (Å²) in [5.74, 6) is -1.09. The summed E-state index contributed by atoms with van der Waals surface area (Å²) in [4.78, 5) is 12.4. The molecule has 0 aliphatic heterocycles.